The standard InChI is InChI=1S/C15H23BrN2O2/c1-15(2,8-9-20-3)11-17-10-14(19)18-13-7-5-4-6-12(13)16/h4-7,17H,8-11H2,1-3H3,(H,18,19). The molecule has 20 heavy (non-hydrogen) atoms. The Bertz CT molecular complexity index is 436. The lowest BCUT2D eigenvalue weighted by atomic mass is 9.90. The molecule has 0 atom stereocenters. The number of methoxy groups -OCH3 is 1. The normalized spacial score (nSPS) is 11.4. The minimum Gasteiger partial charge on any atom is -0.385 e. The monoisotopic (exact) mass is 342 g/mol. The highest BCUT2D eigenvalue weighted by Crippen LogP contribution is 2.21. The Kier molecular flexibility index (Phi) is 7.19. The average Bonchev–Trinajstić information content (AvgIpc) is 2.39. The van der Waals surface area contributed by atoms with Crippen molar-refractivity contribution in [3.8, 4) is 0 Å². The third-order valence-electron chi connectivity index (χ3n) is 3.02. The average molecular weight is 343 g/mol. The molecule has 0 fully saturated rings. The van der Waals surface area contributed by atoms with Gasteiger partial charge in [-0.05, 0) is 39.9 Å². The Morgan fingerprint density at radius 1 is 1.35 bits per heavy atom. The van der Waals surface area contributed by atoms with Crippen LogP contribution in [0.25, 0.3) is 0 Å². The molecule has 0 saturated heterocycles. The lowest BCUT2D eigenvalue weighted by molar-refractivity contribution is -0.115. The van der Waals surface area contributed by atoms with Gasteiger partial charge in [0.05, 0.1) is 12.2 Å². The number of amides is 1. The van der Waals surface area contributed by atoms with Crippen molar-refractivity contribution >= 4 is 27.5 Å². The number of carbonyl (C=O) groups is 1. The number of benzene rings is 1. The van der Waals surface area contributed by atoms with E-state index in [0.717, 1.165) is 29.7 Å². The summed E-state index contributed by atoms with van der Waals surface area (Å²) in [6.07, 6.45) is 0.961. The predicted octanol–water partition coefficient (Wildman–Crippen LogP) is 3.04. The first-order valence-corrected chi connectivity index (χ1v) is 7.48. The number of carbonyl (C=O) groups excluding carboxylic acids is 1. The van der Waals surface area contributed by atoms with E-state index < -0.39 is 0 Å². The molecule has 1 rings (SSSR count). The van der Waals surface area contributed by atoms with Crippen LogP contribution in [0.5, 0.6) is 0 Å². The maximum absolute atomic E-state index is 11.8. The lowest BCUT2D eigenvalue weighted by Crippen LogP contribution is -2.35. The van der Waals surface area contributed by atoms with Crippen LogP contribution in [-0.2, 0) is 9.53 Å². The van der Waals surface area contributed by atoms with Gasteiger partial charge < -0.3 is 15.4 Å². The van der Waals surface area contributed by atoms with Gasteiger partial charge in [0.25, 0.3) is 0 Å². The van der Waals surface area contributed by atoms with Crippen molar-refractivity contribution in [3.05, 3.63) is 28.7 Å². The van der Waals surface area contributed by atoms with Gasteiger partial charge in [0.2, 0.25) is 5.91 Å². The Hall–Kier alpha value is -0.910. The van der Waals surface area contributed by atoms with Gasteiger partial charge in [-0.3, -0.25) is 4.79 Å². The van der Waals surface area contributed by atoms with Gasteiger partial charge in [-0.15, -0.1) is 0 Å². The smallest absolute Gasteiger partial charge is 0.238 e. The molecule has 112 valence electrons. The Balaban J connectivity index is 2.32. The maximum atomic E-state index is 11.8. The van der Waals surface area contributed by atoms with Gasteiger partial charge in [0.1, 0.15) is 0 Å². The molecule has 4 nitrogen and oxygen atoms in total. The predicted molar refractivity (Wildman–Crippen MR) is 85.9 cm³/mol. The lowest BCUT2D eigenvalue weighted by Gasteiger charge is -2.24. The van der Waals surface area contributed by atoms with Crippen molar-refractivity contribution in [1.29, 1.82) is 0 Å². The molecule has 0 spiro atoms. The number of para-hydroxylation sites is 1. The summed E-state index contributed by atoms with van der Waals surface area (Å²) < 4.78 is 5.97. The topological polar surface area (TPSA) is 50.4 Å². The second-order valence-electron chi connectivity index (χ2n) is 5.54. The number of nitrogens with one attached hydrogen (secondary N) is 2. The van der Waals surface area contributed by atoms with Crippen molar-refractivity contribution in [2.45, 2.75) is 20.3 Å². The van der Waals surface area contributed by atoms with Gasteiger partial charge >= 0.3 is 0 Å². The van der Waals surface area contributed by atoms with E-state index in [4.69, 9.17) is 4.74 Å². The number of hydrogen-bond donors (Lipinski definition) is 2. The quantitative estimate of drug-likeness (QED) is 0.763. The van der Waals surface area contributed by atoms with E-state index in [1.807, 2.05) is 24.3 Å². The van der Waals surface area contributed by atoms with E-state index in [2.05, 4.69) is 40.4 Å². The Morgan fingerprint density at radius 2 is 2.05 bits per heavy atom. The highest BCUT2D eigenvalue weighted by Gasteiger charge is 2.17. The SMILES string of the molecule is COCCC(C)(C)CNCC(=O)Nc1ccccc1Br. The summed E-state index contributed by atoms with van der Waals surface area (Å²) in [5.41, 5.74) is 0.904. The molecule has 5 heteroatoms. The zero-order valence-corrected chi connectivity index (χ0v) is 13.9. The molecule has 1 amide bonds. The van der Waals surface area contributed by atoms with Crippen LogP contribution in [0.1, 0.15) is 20.3 Å². The molecule has 0 unspecified atom stereocenters. The molecular formula is C15H23BrN2O2. The Morgan fingerprint density at radius 3 is 2.70 bits per heavy atom. The van der Waals surface area contributed by atoms with E-state index in [1.54, 1.807) is 7.11 Å². The van der Waals surface area contributed by atoms with Gasteiger partial charge in [-0.1, -0.05) is 26.0 Å². The molecule has 0 radical (unpaired) electrons. The number of rotatable bonds is 8. The fraction of sp³-hybridized carbons (Fsp3) is 0.533. The van der Waals surface area contributed by atoms with Crippen LogP contribution in [-0.4, -0.2) is 32.7 Å². The number of anilines is 1. The summed E-state index contributed by atoms with van der Waals surface area (Å²) >= 11 is 3.40. The summed E-state index contributed by atoms with van der Waals surface area (Å²) in [5, 5.41) is 6.06. The zero-order valence-electron chi connectivity index (χ0n) is 12.3. The molecule has 0 saturated carbocycles. The van der Waals surface area contributed by atoms with Crippen LogP contribution in [0, 0.1) is 5.41 Å². The van der Waals surface area contributed by atoms with Crippen molar-refractivity contribution < 1.29 is 9.53 Å². The third kappa shape index (κ3) is 6.50. The van der Waals surface area contributed by atoms with Crippen molar-refractivity contribution in [3.63, 3.8) is 0 Å². The van der Waals surface area contributed by atoms with Crippen molar-refractivity contribution in [2.24, 2.45) is 5.41 Å². The van der Waals surface area contributed by atoms with Gasteiger partial charge in [0, 0.05) is 24.7 Å². The molecular weight excluding hydrogens is 320 g/mol. The van der Waals surface area contributed by atoms with Crippen LogP contribution < -0.4 is 10.6 Å². The molecule has 1 aromatic carbocycles. The first kappa shape index (κ1) is 17.1. The molecule has 0 aliphatic heterocycles. The van der Waals surface area contributed by atoms with E-state index in [1.165, 1.54) is 0 Å². The van der Waals surface area contributed by atoms with Crippen LogP contribution in [0.2, 0.25) is 0 Å². The molecule has 0 aliphatic carbocycles. The Labute approximate surface area is 129 Å². The molecule has 2 N–H and O–H groups in total. The first-order chi connectivity index (χ1) is 9.44. The third-order valence-corrected chi connectivity index (χ3v) is 3.71. The molecule has 1 aromatic rings. The second kappa shape index (κ2) is 8.39. The number of halogens is 1. The molecule has 0 heterocycles. The molecule has 0 aromatic heterocycles. The van der Waals surface area contributed by atoms with Crippen molar-refractivity contribution in [2.75, 3.05) is 32.1 Å². The second-order valence-corrected chi connectivity index (χ2v) is 6.39. The summed E-state index contributed by atoms with van der Waals surface area (Å²) in [4.78, 5) is 11.8. The summed E-state index contributed by atoms with van der Waals surface area (Å²) in [6.45, 7) is 6.13. The minimum absolute atomic E-state index is 0.0422. The highest BCUT2D eigenvalue weighted by molar-refractivity contribution is 9.10. The summed E-state index contributed by atoms with van der Waals surface area (Å²) in [6, 6.07) is 7.57. The van der Waals surface area contributed by atoms with Gasteiger partial charge in [-0.2, -0.15) is 0 Å². The molecule has 0 bridgehead atoms. The van der Waals surface area contributed by atoms with Crippen LogP contribution in [0.15, 0.2) is 28.7 Å². The fourth-order valence-corrected chi connectivity index (χ4v) is 2.12. The first-order valence-electron chi connectivity index (χ1n) is 6.69. The van der Waals surface area contributed by atoms with Gasteiger partial charge in [-0.25, -0.2) is 0 Å². The highest BCUT2D eigenvalue weighted by atomic mass is 79.9. The van der Waals surface area contributed by atoms with E-state index in [9.17, 15) is 4.79 Å². The number of hydrogen-bond acceptors (Lipinski definition) is 3. The maximum Gasteiger partial charge on any atom is 0.238 e. The van der Waals surface area contributed by atoms with E-state index in [0.29, 0.717) is 6.54 Å². The van der Waals surface area contributed by atoms with Crippen LogP contribution in [0.4, 0.5) is 5.69 Å². The van der Waals surface area contributed by atoms with Crippen LogP contribution >= 0.6 is 15.9 Å². The van der Waals surface area contributed by atoms with Gasteiger partial charge in [0.15, 0.2) is 0 Å². The van der Waals surface area contributed by atoms with E-state index in [-0.39, 0.29) is 11.3 Å². The summed E-state index contributed by atoms with van der Waals surface area (Å²) in [7, 11) is 1.70. The summed E-state index contributed by atoms with van der Waals surface area (Å²) in [5.74, 6) is -0.0422. The van der Waals surface area contributed by atoms with E-state index >= 15 is 0 Å². The largest absolute Gasteiger partial charge is 0.385 e. The van der Waals surface area contributed by atoms with Crippen molar-refractivity contribution in [1.82, 2.24) is 5.32 Å². The minimum atomic E-state index is -0.0422. The van der Waals surface area contributed by atoms with Crippen LogP contribution in [0.3, 0.4) is 0 Å². The fourth-order valence-electron chi connectivity index (χ4n) is 1.74. The molecule has 0 aliphatic rings. The number of ether oxygens (including phenoxy) is 1. The zero-order chi connectivity index (χ0) is 15.0.